The Kier molecular flexibility index (Phi) is 2.21. The molecule has 0 bridgehead atoms. The fourth-order valence-electron chi connectivity index (χ4n) is 1.96. The summed E-state index contributed by atoms with van der Waals surface area (Å²) in [5, 5.41) is 4.27. The van der Waals surface area contributed by atoms with E-state index in [1.807, 2.05) is 29.2 Å². The zero-order valence-corrected chi connectivity index (χ0v) is 9.96. The Morgan fingerprint density at radius 2 is 2.12 bits per heavy atom. The summed E-state index contributed by atoms with van der Waals surface area (Å²) in [5.74, 6) is 0. The lowest BCUT2D eigenvalue weighted by Crippen LogP contribution is -1.91. The molecule has 0 aromatic carbocycles. The van der Waals surface area contributed by atoms with E-state index >= 15 is 0 Å². The van der Waals surface area contributed by atoms with Crippen LogP contribution in [0.5, 0.6) is 0 Å². The maximum absolute atomic E-state index is 4.60. The van der Waals surface area contributed by atoms with Gasteiger partial charge in [0.2, 0.25) is 0 Å². The van der Waals surface area contributed by atoms with E-state index in [2.05, 4.69) is 40.6 Å². The first-order valence-electron chi connectivity index (χ1n) is 5.75. The van der Waals surface area contributed by atoms with Crippen molar-refractivity contribution < 1.29 is 0 Å². The minimum absolute atomic E-state index is 0.881. The standard InChI is InChI=1S/C13H14N4/c1-3-16-8-11(7-14-16)12-9-17-10(2)5-4-6-13(17)15-12/h4-9H,3H2,1-2H3. The lowest BCUT2D eigenvalue weighted by atomic mass is 10.3. The molecule has 0 aliphatic heterocycles. The zero-order chi connectivity index (χ0) is 11.8. The predicted molar refractivity (Wildman–Crippen MR) is 66.8 cm³/mol. The molecule has 0 amide bonds. The lowest BCUT2D eigenvalue weighted by Gasteiger charge is -1.95. The average Bonchev–Trinajstić information content (AvgIpc) is 2.95. The van der Waals surface area contributed by atoms with Gasteiger partial charge in [0.15, 0.2) is 0 Å². The maximum atomic E-state index is 4.60. The van der Waals surface area contributed by atoms with Crippen LogP contribution in [0.1, 0.15) is 12.6 Å². The number of imidazole rings is 1. The van der Waals surface area contributed by atoms with Crippen LogP contribution in [0.3, 0.4) is 0 Å². The molecule has 86 valence electrons. The minimum atomic E-state index is 0.881. The van der Waals surface area contributed by atoms with Crippen LogP contribution in [0.15, 0.2) is 36.8 Å². The third-order valence-electron chi connectivity index (χ3n) is 2.95. The molecule has 3 aromatic rings. The molecule has 0 spiro atoms. The van der Waals surface area contributed by atoms with Crippen molar-refractivity contribution in [3.8, 4) is 11.3 Å². The van der Waals surface area contributed by atoms with E-state index in [9.17, 15) is 0 Å². The Bertz CT molecular complexity index is 663. The Balaban J connectivity index is 2.14. The molecule has 0 atom stereocenters. The van der Waals surface area contributed by atoms with Gasteiger partial charge in [-0.15, -0.1) is 0 Å². The van der Waals surface area contributed by atoms with Crippen LogP contribution in [0.4, 0.5) is 0 Å². The van der Waals surface area contributed by atoms with Gasteiger partial charge in [0, 0.05) is 30.2 Å². The second-order valence-electron chi connectivity index (χ2n) is 4.11. The number of hydrogen-bond donors (Lipinski definition) is 0. The molecule has 0 saturated heterocycles. The monoisotopic (exact) mass is 226 g/mol. The molecule has 0 fully saturated rings. The highest BCUT2D eigenvalue weighted by Crippen LogP contribution is 2.19. The molecule has 0 aliphatic rings. The summed E-state index contributed by atoms with van der Waals surface area (Å²) >= 11 is 0. The van der Waals surface area contributed by atoms with Crippen LogP contribution in [0, 0.1) is 6.92 Å². The van der Waals surface area contributed by atoms with Crippen LogP contribution >= 0.6 is 0 Å². The van der Waals surface area contributed by atoms with E-state index in [1.54, 1.807) is 0 Å². The average molecular weight is 226 g/mol. The normalized spacial score (nSPS) is 11.2. The topological polar surface area (TPSA) is 35.1 Å². The number of aryl methyl sites for hydroxylation is 2. The van der Waals surface area contributed by atoms with Gasteiger partial charge in [0.25, 0.3) is 0 Å². The summed E-state index contributed by atoms with van der Waals surface area (Å²) in [6.07, 6.45) is 5.94. The van der Waals surface area contributed by atoms with E-state index in [4.69, 9.17) is 0 Å². The minimum Gasteiger partial charge on any atom is -0.304 e. The summed E-state index contributed by atoms with van der Waals surface area (Å²) in [6.45, 7) is 5.03. The first-order valence-corrected chi connectivity index (χ1v) is 5.75. The van der Waals surface area contributed by atoms with E-state index in [0.717, 1.165) is 23.4 Å². The number of hydrogen-bond acceptors (Lipinski definition) is 2. The van der Waals surface area contributed by atoms with Gasteiger partial charge in [-0.2, -0.15) is 5.10 Å². The number of fused-ring (bicyclic) bond motifs is 1. The van der Waals surface area contributed by atoms with Gasteiger partial charge in [0.05, 0.1) is 11.9 Å². The Morgan fingerprint density at radius 1 is 1.24 bits per heavy atom. The Labute approximate surface area is 99.5 Å². The summed E-state index contributed by atoms with van der Waals surface area (Å²) in [7, 11) is 0. The SMILES string of the molecule is CCn1cc(-c2cn3c(C)cccc3n2)cn1. The predicted octanol–water partition coefficient (Wildman–Crippen LogP) is 2.53. The van der Waals surface area contributed by atoms with Crippen LogP contribution in [0.25, 0.3) is 16.9 Å². The third-order valence-corrected chi connectivity index (χ3v) is 2.95. The molecule has 3 rings (SSSR count). The van der Waals surface area contributed by atoms with Crippen LogP contribution in [-0.4, -0.2) is 19.2 Å². The van der Waals surface area contributed by atoms with Gasteiger partial charge in [0.1, 0.15) is 5.65 Å². The highest BCUT2D eigenvalue weighted by atomic mass is 15.3. The van der Waals surface area contributed by atoms with Crippen molar-refractivity contribution >= 4 is 5.65 Å². The number of pyridine rings is 1. The largest absolute Gasteiger partial charge is 0.304 e. The second-order valence-corrected chi connectivity index (χ2v) is 4.11. The van der Waals surface area contributed by atoms with Gasteiger partial charge in [-0.1, -0.05) is 6.07 Å². The van der Waals surface area contributed by atoms with E-state index in [1.165, 1.54) is 5.69 Å². The highest BCUT2D eigenvalue weighted by Gasteiger charge is 2.07. The summed E-state index contributed by atoms with van der Waals surface area (Å²) in [5.41, 5.74) is 4.20. The fraction of sp³-hybridized carbons (Fsp3) is 0.231. The van der Waals surface area contributed by atoms with Crippen molar-refractivity contribution in [2.24, 2.45) is 0 Å². The van der Waals surface area contributed by atoms with Crippen molar-refractivity contribution in [2.45, 2.75) is 20.4 Å². The smallest absolute Gasteiger partial charge is 0.137 e. The molecular weight excluding hydrogens is 212 g/mol. The van der Waals surface area contributed by atoms with E-state index in [0.29, 0.717) is 0 Å². The first-order chi connectivity index (χ1) is 8.28. The maximum Gasteiger partial charge on any atom is 0.137 e. The molecule has 17 heavy (non-hydrogen) atoms. The molecule has 3 heterocycles. The lowest BCUT2D eigenvalue weighted by molar-refractivity contribution is 0.660. The molecule has 3 aromatic heterocycles. The zero-order valence-electron chi connectivity index (χ0n) is 9.96. The first kappa shape index (κ1) is 10.1. The molecule has 0 saturated carbocycles. The molecule has 4 heteroatoms. The van der Waals surface area contributed by atoms with Crippen molar-refractivity contribution in [3.63, 3.8) is 0 Å². The fourth-order valence-corrected chi connectivity index (χ4v) is 1.96. The molecule has 0 radical (unpaired) electrons. The van der Waals surface area contributed by atoms with Gasteiger partial charge >= 0.3 is 0 Å². The number of aromatic nitrogens is 4. The second kappa shape index (κ2) is 3.73. The summed E-state index contributed by atoms with van der Waals surface area (Å²) < 4.78 is 4.00. The van der Waals surface area contributed by atoms with Crippen molar-refractivity contribution in [1.29, 1.82) is 0 Å². The van der Waals surface area contributed by atoms with E-state index < -0.39 is 0 Å². The Morgan fingerprint density at radius 3 is 2.82 bits per heavy atom. The van der Waals surface area contributed by atoms with Gasteiger partial charge in [-0.05, 0) is 26.0 Å². The van der Waals surface area contributed by atoms with E-state index in [-0.39, 0.29) is 0 Å². The molecule has 0 unspecified atom stereocenters. The third kappa shape index (κ3) is 1.62. The number of rotatable bonds is 2. The molecule has 0 aliphatic carbocycles. The number of nitrogens with zero attached hydrogens (tertiary/aromatic N) is 4. The van der Waals surface area contributed by atoms with Gasteiger partial charge in [-0.25, -0.2) is 4.98 Å². The molecular formula is C13H14N4. The van der Waals surface area contributed by atoms with Crippen LogP contribution in [-0.2, 0) is 6.54 Å². The van der Waals surface area contributed by atoms with Crippen LogP contribution < -0.4 is 0 Å². The summed E-state index contributed by atoms with van der Waals surface area (Å²) in [6, 6.07) is 6.12. The van der Waals surface area contributed by atoms with Crippen molar-refractivity contribution in [3.05, 3.63) is 42.5 Å². The molecule has 4 nitrogen and oxygen atoms in total. The molecule has 0 N–H and O–H groups in total. The van der Waals surface area contributed by atoms with Crippen LogP contribution in [0.2, 0.25) is 0 Å². The van der Waals surface area contributed by atoms with Gasteiger partial charge < -0.3 is 4.40 Å². The quantitative estimate of drug-likeness (QED) is 0.673. The van der Waals surface area contributed by atoms with Crippen molar-refractivity contribution in [1.82, 2.24) is 19.2 Å². The highest BCUT2D eigenvalue weighted by molar-refractivity contribution is 5.61. The Hall–Kier alpha value is -2.10. The van der Waals surface area contributed by atoms with Gasteiger partial charge in [-0.3, -0.25) is 4.68 Å². The summed E-state index contributed by atoms with van der Waals surface area (Å²) in [4.78, 5) is 4.60. The van der Waals surface area contributed by atoms with Crippen molar-refractivity contribution in [2.75, 3.05) is 0 Å².